The normalized spacial score (nSPS) is 21.4. The smallest absolute Gasteiger partial charge is 0.218 e. The van der Waals surface area contributed by atoms with Crippen molar-refractivity contribution in [1.29, 1.82) is 0 Å². The van der Waals surface area contributed by atoms with Gasteiger partial charge in [0, 0.05) is 11.5 Å². The number of ether oxygens (including phenoxy) is 1. The van der Waals surface area contributed by atoms with E-state index in [0.717, 1.165) is 0 Å². The molecular weight excluding hydrogens is 242 g/mol. The minimum atomic E-state index is -3.05. The van der Waals surface area contributed by atoms with Gasteiger partial charge in [0.15, 0.2) is 9.84 Å². The van der Waals surface area contributed by atoms with Gasteiger partial charge in [-0.05, 0) is 13.0 Å². The van der Waals surface area contributed by atoms with E-state index in [1.54, 1.807) is 12.1 Å². The lowest BCUT2D eigenvalue weighted by atomic mass is 10.3. The molecular formula is C10H13N3O3S. The highest BCUT2D eigenvalue weighted by atomic mass is 32.2. The molecule has 0 radical (unpaired) electrons. The summed E-state index contributed by atoms with van der Waals surface area (Å²) < 4.78 is 27.7. The van der Waals surface area contributed by atoms with Crippen molar-refractivity contribution in [3.8, 4) is 5.88 Å². The van der Waals surface area contributed by atoms with Gasteiger partial charge >= 0.3 is 0 Å². The molecule has 1 aliphatic heterocycles. The van der Waals surface area contributed by atoms with Crippen LogP contribution >= 0.6 is 0 Å². The van der Waals surface area contributed by atoms with Crippen LogP contribution in [0.15, 0.2) is 23.9 Å². The summed E-state index contributed by atoms with van der Waals surface area (Å²) in [6, 6.07) is 1.40. The van der Waals surface area contributed by atoms with Crippen LogP contribution < -0.4 is 10.1 Å². The van der Waals surface area contributed by atoms with Gasteiger partial charge in [-0.15, -0.1) is 0 Å². The fourth-order valence-electron chi connectivity index (χ4n) is 1.50. The first-order valence-corrected chi connectivity index (χ1v) is 6.93. The summed E-state index contributed by atoms with van der Waals surface area (Å²) in [6.07, 6.45) is 2.98. The zero-order valence-corrected chi connectivity index (χ0v) is 10.1. The number of nitrogens with zero attached hydrogens (tertiary/aromatic N) is 2. The van der Waals surface area contributed by atoms with E-state index in [0.29, 0.717) is 18.3 Å². The maximum absolute atomic E-state index is 11.2. The molecule has 0 fully saturated rings. The van der Waals surface area contributed by atoms with Gasteiger partial charge in [-0.1, -0.05) is 0 Å². The number of hydrogen-bond donors (Lipinski definition) is 1. The second-order valence-electron chi connectivity index (χ2n) is 3.58. The summed E-state index contributed by atoms with van der Waals surface area (Å²) in [5, 5.41) is 4.22. The lowest BCUT2D eigenvalue weighted by molar-refractivity contribution is 0.326. The Morgan fingerprint density at radius 3 is 3.00 bits per heavy atom. The van der Waals surface area contributed by atoms with Crippen LogP contribution in [0.2, 0.25) is 0 Å². The predicted octanol–water partition coefficient (Wildman–Crippen LogP) is 0.598. The van der Waals surface area contributed by atoms with Crippen LogP contribution in [0.4, 0.5) is 5.82 Å². The number of rotatable bonds is 4. The zero-order valence-electron chi connectivity index (χ0n) is 9.33. The van der Waals surface area contributed by atoms with Crippen LogP contribution in [0.5, 0.6) is 5.88 Å². The molecule has 0 saturated heterocycles. The largest absolute Gasteiger partial charge is 0.478 e. The predicted molar refractivity (Wildman–Crippen MR) is 63.5 cm³/mol. The van der Waals surface area contributed by atoms with Crippen LogP contribution in [0.3, 0.4) is 0 Å². The van der Waals surface area contributed by atoms with Crippen molar-refractivity contribution in [3.05, 3.63) is 23.9 Å². The molecule has 1 aromatic heterocycles. The first kappa shape index (κ1) is 11.8. The van der Waals surface area contributed by atoms with Gasteiger partial charge in [-0.25, -0.2) is 18.4 Å². The number of sulfone groups is 1. The summed E-state index contributed by atoms with van der Waals surface area (Å²) in [5.74, 6) is 1.08. The van der Waals surface area contributed by atoms with Crippen LogP contribution in [-0.2, 0) is 9.84 Å². The zero-order chi connectivity index (χ0) is 12.3. The molecule has 1 N–H and O–H groups in total. The molecule has 0 aliphatic carbocycles. The van der Waals surface area contributed by atoms with E-state index in [-0.39, 0.29) is 11.8 Å². The van der Waals surface area contributed by atoms with E-state index in [1.807, 2.05) is 6.92 Å². The van der Waals surface area contributed by atoms with E-state index in [2.05, 4.69) is 15.3 Å². The van der Waals surface area contributed by atoms with Crippen molar-refractivity contribution in [2.24, 2.45) is 0 Å². The van der Waals surface area contributed by atoms with E-state index in [1.165, 1.54) is 11.7 Å². The first-order chi connectivity index (χ1) is 8.09. The van der Waals surface area contributed by atoms with Crippen LogP contribution in [0, 0.1) is 0 Å². The molecule has 1 aliphatic rings. The molecule has 1 unspecified atom stereocenters. The Morgan fingerprint density at radius 2 is 2.35 bits per heavy atom. The summed E-state index contributed by atoms with van der Waals surface area (Å²) in [7, 11) is -3.05. The van der Waals surface area contributed by atoms with Gasteiger partial charge < -0.3 is 10.1 Å². The van der Waals surface area contributed by atoms with Gasteiger partial charge in [0.2, 0.25) is 5.88 Å². The second-order valence-corrected chi connectivity index (χ2v) is 5.51. The Morgan fingerprint density at radius 1 is 1.53 bits per heavy atom. The maximum atomic E-state index is 11.2. The maximum Gasteiger partial charge on any atom is 0.218 e. The van der Waals surface area contributed by atoms with Crippen molar-refractivity contribution in [2.75, 3.05) is 17.7 Å². The molecule has 2 rings (SSSR count). The quantitative estimate of drug-likeness (QED) is 0.848. The van der Waals surface area contributed by atoms with Gasteiger partial charge in [0.25, 0.3) is 0 Å². The molecule has 6 nitrogen and oxygen atoms in total. The number of nitrogens with one attached hydrogen (secondary N) is 1. The molecule has 1 aromatic rings. The standard InChI is InChI=1S/C10H13N3O3S/c1-2-16-10-5-9(11-7-12-10)13-8-3-4-17(14,15)6-8/h3-5,7-8H,2,6H2,1H3,(H,11,12,13). The molecule has 17 heavy (non-hydrogen) atoms. The second kappa shape index (κ2) is 4.70. The molecule has 1 atom stereocenters. The van der Waals surface area contributed by atoms with E-state index >= 15 is 0 Å². The van der Waals surface area contributed by atoms with Gasteiger partial charge in [-0.2, -0.15) is 0 Å². The number of hydrogen-bond acceptors (Lipinski definition) is 6. The molecule has 0 saturated carbocycles. The summed E-state index contributed by atoms with van der Waals surface area (Å²) in [4.78, 5) is 7.92. The average Bonchev–Trinajstić information content (AvgIpc) is 2.59. The fourth-order valence-corrected chi connectivity index (χ4v) is 2.74. The fraction of sp³-hybridized carbons (Fsp3) is 0.400. The number of aromatic nitrogens is 2. The third-order valence-electron chi connectivity index (χ3n) is 2.20. The molecule has 0 amide bonds. The van der Waals surface area contributed by atoms with Gasteiger partial charge in [0.05, 0.1) is 18.4 Å². The third-order valence-corrected chi connectivity index (χ3v) is 3.59. The number of anilines is 1. The molecule has 0 aromatic carbocycles. The van der Waals surface area contributed by atoms with E-state index < -0.39 is 9.84 Å². The van der Waals surface area contributed by atoms with Crippen molar-refractivity contribution in [2.45, 2.75) is 13.0 Å². The molecule has 7 heteroatoms. The van der Waals surface area contributed by atoms with Crippen molar-refractivity contribution < 1.29 is 13.2 Å². The summed E-state index contributed by atoms with van der Waals surface area (Å²) in [6.45, 7) is 2.38. The van der Waals surface area contributed by atoms with Crippen molar-refractivity contribution >= 4 is 15.7 Å². The Bertz CT molecular complexity index is 527. The van der Waals surface area contributed by atoms with E-state index in [9.17, 15) is 8.42 Å². The van der Waals surface area contributed by atoms with Gasteiger partial charge in [0.1, 0.15) is 12.1 Å². The summed E-state index contributed by atoms with van der Waals surface area (Å²) >= 11 is 0. The van der Waals surface area contributed by atoms with Crippen LogP contribution in [0.1, 0.15) is 6.92 Å². The molecule has 0 spiro atoms. The molecule has 92 valence electrons. The first-order valence-electron chi connectivity index (χ1n) is 5.21. The molecule has 2 heterocycles. The minimum Gasteiger partial charge on any atom is -0.478 e. The summed E-state index contributed by atoms with van der Waals surface area (Å²) in [5.41, 5.74) is 0. The molecule has 0 bridgehead atoms. The van der Waals surface area contributed by atoms with Crippen LogP contribution in [0.25, 0.3) is 0 Å². The Hall–Kier alpha value is -1.63. The highest BCUT2D eigenvalue weighted by Gasteiger charge is 2.21. The Balaban J connectivity index is 2.05. The van der Waals surface area contributed by atoms with Crippen LogP contribution in [-0.4, -0.2) is 36.8 Å². The minimum absolute atomic E-state index is 0.0565. The van der Waals surface area contributed by atoms with Gasteiger partial charge in [-0.3, -0.25) is 0 Å². The Labute approximate surface area is 99.7 Å². The topological polar surface area (TPSA) is 81.2 Å². The van der Waals surface area contributed by atoms with Crippen molar-refractivity contribution in [3.63, 3.8) is 0 Å². The highest BCUT2D eigenvalue weighted by Crippen LogP contribution is 2.16. The van der Waals surface area contributed by atoms with E-state index in [4.69, 9.17) is 4.74 Å². The SMILES string of the molecule is CCOc1cc(NC2C=CS(=O)(=O)C2)ncn1. The lowest BCUT2D eigenvalue weighted by Crippen LogP contribution is -2.21. The third kappa shape index (κ3) is 3.16. The van der Waals surface area contributed by atoms with Crippen molar-refractivity contribution in [1.82, 2.24) is 9.97 Å². The Kier molecular flexibility index (Phi) is 3.28. The lowest BCUT2D eigenvalue weighted by Gasteiger charge is -2.10. The monoisotopic (exact) mass is 255 g/mol. The average molecular weight is 255 g/mol. The highest BCUT2D eigenvalue weighted by molar-refractivity contribution is 7.94.